The highest BCUT2D eigenvalue weighted by Crippen LogP contribution is 2.22. The standard InChI is InChI=1S/C11H9ClN4O2S.ClH/c1-19-11-14-9(12)6-10(15-11)13-7-2-4-8(5-3-7)16(17)18;/h2-6H,1H3,(H,13,14,15);1H. The van der Waals surface area contributed by atoms with Crippen molar-refractivity contribution in [3.8, 4) is 0 Å². The second-order valence-electron chi connectivity index (χ2n) is 3.49. The van der Waals surface area contributed by atoms with Crippen LogP contribution in [0, 0.1) is 10.1 Å². The SMILES string of the molecule is CSc1nc(Cl)cc(Nc2ccc([N+](=O)[O-])cc2)n1.Cl. The number of aromatic nitrogens is 2. The molecular formula is C11H10Cl2N4O2S. The van der Waals surface area contributed by atoms with Crippen LogP contribution in [-0.4, -0.2) is 21.1 Å². The Morgan fingerprint density at radius 3 is 2.50 bits per heavy atom. The average molecular weight is 333 g/mol. The number of halogens is 2. The normalized spacial score (nSPS) is 9.70. The highest BCUT2D eigenvalue weighted by atomic mass is 35.5. The molecule has 20 heavy (non-hydrogen) atoms. The minimum atomic E-state index is -0.447. The summed E-state index contributed by atoms with van der Waals surface area (Å²) in [7, 11) is 0. The van der Waals surface area contributed by atoms with Crippen LogP contribution in [-0.2, 0) is 0 Å². The molecule has 0 radical (unpaired) electrons. The lowest BCUT2D eigenvalue weighted by Gasteiger charge is -2.06. The number of non-ortho nitro benzene ring substituents is 1. The summed E-state index contributed by atoms with van der Waals surface area (Å²) in [6.45, 7) is 0. The Morgan fingerprint density at radius 2 is 1.95 bits per heavy atom. The smallest absolute Gasteiger partial charge is 0.269 e. The summed E-state index contributed by atoms with van der Waals surface area (Å²) in [6, 6.07) is 7.63. The predicted octanol–water partition coefficient (Wildman–Crippen LogP) is 3.93. The van der Waals surface area contributed by atoms with Gasteiger partial charge in [0, 0.05) is 23.9 Å². The molecule has 0 aliphatic carbocycles. The molecule has 0 bridgehead atoms. The molecule has 106 valence electrons. The number of hydrogen-bond donors (Lipinski definition) is 1. The van der Waals surface area contributed by atoms with Gasteiger partial charge in [-0.15, -0.1) is 12.4 Å². The maximum absolute atomic E-state index is 10.5. The Balaban J connectivity index is 0.00000200. The van der Waals surface area contributed by atoms with Gasteiger partial charge in [-0.05, 0) is 18.4 Å². The van der Waals surface area contributed by atoms with Gasteiger partial charge in [0.05, 0.1) is 4.92 Å². The first-order valence-corrected chi connectivity index (χ1v) is 6.79. The van der Waals surface area contributed by atoms with Gasteiger partial charge in [-0.1, -0.05) is 23.4 Å². The van der Waals surface area contributed by atoms with Crippen LogP contribution in [0.4, 0.5) is 17.2 Å². The number of nitrogens with one attached hydrogen (secondary N) is 1. The van der Waals surface area contributed by atoms with E-state index in [2.05, 4.69) is 15.3 Å². The van der Waals surface area contributed by atoms with Crippen LogP contribution < -0.4 is 5.32 Å². The van der Waals surface area contributed by atoms with Gasteiger partial charge in [0.25, 0.3) is 5.69 Å². The van der Waals surface area contributed by atoms with Gasteiger partial charge in [0.2, 0.25) is 0 Å². The fourth-order valence-electron chi connectivity index (χ4n) is 1.37. The van der Waals surface area contributed by atoms with Crippen molar-refractivity contribution in [2.75, 3.05) is 11.6 Å². The zero-order valence-corrected chi connectivity index (χ0v) is 12.6. The molecule has 0 aliphatic heterocycles. The van der Waals surface area contributed by atoms with Gasteiger partial charge in [0.1, 0.15) is 11.0 Å². The van der Waals surface area contributed by atoms with Gasteiger partial charge in [-0.25, -0.2) is 9.97 Å². The van der Waals surface area contributed by atoms with Crippen LogP contribution in [0.3, 0.4) is 0 Å². The first-order chi connectivity index (χ1) is 9.08. The molecule has 2 aromatic rings. The number of hydrogen-bond acceptors (Lipinski definition) is 6. The third-order valence-electron chi connectivity index (χ3n) is 2.21. The van der Waals surface area contributed by atoms with Gasteiger partial charge in [-0.2, -0.15) is 0 Å². The van der Waals surface area contributed by atoms with E-state index in [9.17, 15) is 10.1 Å². The monoisotopic (exact) mass is 332 g/mol. The van der Waals surface area contributed by atoms with E-state index in [0.717, 1.165) is 0 Å². The predicted molar refractivity (Wildman–Crippen MR) is 82.5 cm³/mol. The maximum Gasteiger partial charge on any atom is 0.269 e. The summed E-state index contributed by atoms with van der Waals surface area (Å²) in [5, 5.41) is 14.4. The fourth-order valence-corrected chi connectivity index (χ4v) is 1.98. The summed E-state index contributed by atoms with van der Waals surface area (Å²) in [4.78, 5) is 18.3. The molecule has 0 unspecified atom stereocenters. The van der Waals surface area contributed by atoms with Crippen molar-refractivity contribution < 1.29 is 4.92 Å². The van der Waals surface area contributed by atoms with Crippen LogP contribution in [0.15, 0.2) is 35.5 Å². The lowest BCUT2D eigenvalue weighted by atomic mass is 10.3. The first kappa shape index (κ1) is 16.5. The maximum atomic E-state index is 10.5. The van der Waals surface area contributed by atoms with Crippen LogP contribution in [0.1, 0.15) is 0 Å². The minimum absolute atomic E-state index is 0. The molecule has 0 saturated carbocycles. The zero-order chi connectivity index (χ0) is 13.8. The van der Waals surface area contributed by atoms with Gasteiger partial charge >= 0.3 is 0 Å². The van der Waals surface area contributed by atoms with E-state index in [1.165, 1.54) is 23.9 Å². The van der Waals surface area contributed by atoms with E-state index in [4.69, 9.17) is 11.6 Å². The summed E-state index contributed by atoms with van der Waals surface area (Å²) in [6.07, 6.45) is 1.85. The second kappa shape index (κ2) is 7.28. The van der Waals surface area contributed by atoms with E-state index in [-0.39, 0.29) is 18.1 Å². The molecule has 0 fully saturated rings. The molecule has 6 nitrogen and oxygen atoms in total. The number of benzene rings is 1. The topological polar surface area (TPSA) is 81.0 Å². The van der Waals surface area contributed by atoms with Gasteiger partial charge in [-0.3, -0.25) is 10.1 Å². The van der Waals surface area contributed by atoms with Gasteiger partial charge < -0.3 is 5.32 Å². The Kier molecular flexibility index (Phi) is 6.00. The van der Waals surface area contributed by atoms with Crippen LogP contribution in [0.5, 0.6) is 0 Å². The van der Waals surface area contributed by atoms with E-state index in [1.54, 1.807) is 18.2 Å². The molecule has 0 atom stereocenters. The van der Waals surface area contributed by atoms with E-state index in [1.807, 2.05) is 6.26 Å². The molecule has 1 heterocycles. The summed E-state index contributed by atoms with van der Waals surface area (Å²) in [5.74, 6) is 0.540. The van der Waals surface area contributed by atoms with Crippen molar-refractivity contribution in [3.63, 3.8) is 0 Å². The van der Waals surface area contributed by atoms with Crippen LogP contribution in [0.2, 0.25) is 5.15 Å². The Bertz CT molecular complexity index is 610. The lowest BCUT2D eigenvalue weighted by molar-refractivity contribution is -0.384. The zero-order valence-electron chi connectivity index (χ0n) is 10.2. The van der Waals surface area contributed by atoms with E-state index >= 15 is 0 Å². The Morgan fingerprint density at radius 1 is 1.30 bits per heavy atom. The molecule has 0 aliphatic rings. The molecular weight excluding hydrogens is 323 g/mol. The third-order valence-corrected chi connectivity index (χ3v) is 2.95. The van der Waals surface area contributed by atoms with Gasteiger partial charge in [0.15, 0.2) is 5.16 Å². The molecule has 0 saturated heterocycles. The van der Waals surface area contributed by atoms with Crippen molar-refractivity contribution in [2.45, 2.75) is 5.16 Å². The highest BCUT2D eigenvalue weighted by Gasteiger charge is 2.06. The molecule has 0 amide bonds. The number of anilines is 2. The Labute approximate surface area is 130 Å². The number of thioether (sulfide) groups is 1. The van der Waals surface area contributed by atoms with Crippen molar-refractivity contribution >= 4 is 53.0 Å². The summed E-state index contributed by atoms with van der Waals surface area (Å²) < 4.78 is 0. The summed E-state index contributed by atoms with van der Waals surface area (Å²) >= 11 is 7.25. The number of nitro benzene ring substituents is 1. The fraction of sp³-hybridized carbons (Fsp3) is 0.0909. The number of nitrogens with zero attached hydrogens (tertiary/aromatic N) is 3. The van der Waals surface area contributed by atoms with Crippen molar-refractivity contribution in [1.82, 2.24) is 9.97 Å². The van der Waals surface area contributed by atoms with E-state index < -0.39 is 4.92 Å². The molecule has 9 heteroatoms. The molecule has 1 aromatic carbocycles. The quantitative estimate of drug-likeness (QED) is 0.300. The van der Waals surface area contributed by atoms with Crippen molar-refractivity contribution in [3.05, 3.63) is 45.6 Å². The van der Waals surface area contributed by atoms with Crippen molar-refractivity contribution in [1.29, 1.82) is 0 Å². The Hall–Kier alpha value is -1.57. The molecule has 1 aromatic heterocycles. The van der Waals surface area contributed by atoms with Crippen LogP contribution >= 0.6 is 35.8 Å². The largest absolute Gasteiger partial charge is 0.340 e. The molecule has 2 rings (SSSR count). The number of rotatable bonds is 4. The highest BCUT2D eigenvalue weighted by molar-refractivity contribution is 7.98. The van der Waals surface area contributed by atoms with Crippen LogP contribution in [0.25, 0.3) is 0 Å². The molecule has 0 spiro atoms. The summed E-state index contributed by atoms with van der Waals surface area (Å²) in [5.41, 5.74) is 0.725. The first-order valence-electron chi connectivity index (χ1n) is 5.18. The average Bonchev–Trinajstić information content (AvgIpc) is 2.38. The minimum Gasteiger partial charge on any atom is -0.340 e. The third kappa shape index (κ3) is 4.22. The number of nitro groups is 1. The second-order valence-corrected chi connectivity index (χ2v) is 4.65. The molecule has 1 N–H and O–H groups in total. The lowest BCUT2D eigenvalue weighted by Crippen LogP contribution is -1.97. The van der Waals surface area contributed by atoms with E-state index in [0.29, 0.717) is 21.8 Å². The van der Waals surface area contributed by atoms with Crippen molar-refractivity contribution in [2.24, 2.45) is 0 Å².